The van der Waals surface area contributed by atoms with Gasteiger partial charge in [-0.05, 0) is 18.8 Å². The second kappa shape index (κ2) is 4.47. The zero-order valence-corrected chi connectivity index (χ0v) is 12.4. The van der Waals surface area contributed by atoms with Gasteiger partial charge in [0.2, 0.25) is 0 Å². The van der Waals surface area contributed by atoms with Gasteiger partial charge in [-0.15, -0.1) is 0 Å². The minimum absolute atomic E-state index is 0.133. The van der Waals surface area contributed by atoms with Crippen molar-refractivity contribution in [1.82, 2.24) is 20.0 Å². The zero-order chi connectivity index (χ0) is 14.5. The first-order chi connectivity index (χ1) is 9.37. The Hall–Kier alpha value is -1.57. The topological polar surface area (TPSA) is 107 Å². The molecule has 0 radical (unpaired) electrons. The largest absolute Gasteiger partial charge is 0.383 e. The summed E-state index contributed by atoms with van der Waals surface area (Å²) in [5.41, 5.74) is 7.49. The van der Waals surface area contributed by atoms with Crippen LogP contribution in [0.15, 0.2) is 0 Å². The van der Waals surface area contributed by atoms with Crippen molar-refractivity contribution in [3.8, 4) is 0 Å². The summed E-state index contributed by atoms with van der Waals surface area (Å²) in [4.78, 5) is 0. The van der Waals surface area contributed by atoms with E-state index in [0.717, 1.165) is 17.5 Å². The van der Waals surface area contributed by atoms with Crippen molar-refractivity contribution in [2.24, 2.45) is 5.92 Å². The zero-order valence-electron chi connectivity index (χ0n) is 11.6. The Labute approximate surface area is 117 Å². The number of anilines is 1. The lowest BCUT2D eigenvalue weighted by Crippen LogP contribution is -2.13. The molecule has 0 bridgehead atoms. The van der Waals surface area contributed by atoms with Crippen LogP contribution in [0.25, 0.3) is 11.0 Å². The average Bonchev–Trinajstić information content (AvgIpc) is 2.96. The van der Waals surface area contributed by atoms with Gasteiger partial charge in [0.25, 0.3) is 0 Å². The van der Waals surface area contributed by atoms with Crippen LogP contribution in [-0.4, -0.2) is 39.9 Å². The van der Waals surface area contributed by atoms with Crippen molar-refractivity contribution in [1.29, 1.82) is 0 Å². The first kappa shape index (κ1) is 13.4. The minimum atomic E-state index is -2.95. The summed E-state index contributed by atoms with van der Waals surface area (Å²) in [5, 5.41) is 12.4. The first-order valence-electron chi connectivity index (χ1n) is 6.78. The third-order valence-corrected chi connectivity index (χ3v) is 5.42. The number of nitrogens with one attached hydrogen (secondary N) is 1. The number of nitrogen functional groups attached to an aromatic ring is 1. The molecular formula is C12H19N5O2S. The van der Waals surface area contributed by atoms with Crippen LogP contribution in [0.5, 0.6) is 0 Å². The van der Waals surface area contributed by atoms with Gasteiger partial charge < -0.3 is 5.73 Å². The molecule has 2 aromatic heterocycles. The van der Waals surface area contributed by atoms with Crippen molar-refractivity contribution in [2.45, 2.75) is 32.7 Å². The number of fused-ring (bicyclic) bond motifs is 1. The maximum Gasteiger partial charge on any atom is 0.182 e. The molecule has 1 aliphatic rings. The first-order valence-corrected chi connectivity index (χ1v) is 8.61. The lowest BCUT2D eigenvalue weighted by atomic mass is 10.1. The summed E-state index contributed by atoms with van der Waals surface area (Å²) in [6.45, 7) is 4.22. The Bertz CT molecular complexity index is 743. The monoisotopic (exact) mass is 297 g/mol. The number of sulfone groups is 1. The molecule has 0 spiro atoms. The molecule has 7 nitrogen and oxygen atoms in total. The van der Waals surface area contributed by atoms with E-state index in [1.54, 1.807) is 4.68 Å². The number of hydrogen-bond acceptors (Lipinski definition) is 5. The van der Waals surface area contributed by atoms with Crippen molar-refractivity contribution in [3.05, 3.63) is 5.69 Å². The highest BCUT2D eigenvalue weighted by molar-refractivity contribution is 7.91. The van der Waals surface area contributed by atoms with E-state index in [-0.39, 0.29) is 17.5 Å². The van der Waals surface area contributed by atoms with E-state index in [2.05, 4.69) is 29.1 Å². The third-order valence-electron chi connectivity index (χ3n) is 3.67. The molecule has 1 atom stereocenters. The van der Waals surface area contributed by atoms with Gasteiger partial charge in [0.1, 0.15) is 5.82 Å². The van der Waals surface area contributed by atoms with Crippen LogP contribution in [0.3, 0.4) is 0 Å². The summed E-state index contributed by atoms with van der Waals surface area (Å²) in [5.74, 6) is 1.31. The highest BCUT2D eigenvalue weighted by Crippen LogP contribution is 2.30. The lowest BCUT2D eigenvalue weighted by molar-refractivity contribution is 0.499. The van der Waals surface area contributed by atoms with Gasteiger partial charge in [0, 0.05) is 0 Å². The summed E-state index contributed by atoms with van der Waals surface area (Å²) in [6, 6.07) is -0.133. The van der Waals surface area contributed by atoms with Gasteiger partial charge in [-0.1, -0.05) is 13.8 Å². The predicted octanol–water partition coefficient (Wildman–Crippen LogP) is 0.900. The molecule has 0 saturated carbocycles. The van der Waals surface area contributed by atoms with Crippen molar-refractivity contribution in [2.75, 3.05) is 17.2 Å². The fraction of sp³-hybridized carbons (Fsp3) is 0.667. The van der Waals surface area contributed by atoms with E-state index in [1.165, 1.54) is 0 Å². The minimum Gasteiger partial charge on any atom is -0.383 e. The van der Waals surface area contributed by atoms with Gasteiger partial charge in [-0.3, -0.25) is 5.10 Å². The third kappa shape index (κ3) is 2.17. The van der Waals surface area contributed by atoms with E-state index >= 15 is 0 Å². The molecule has 3 heterocycles. The number of hydrogen-bond donors (Lipinski definition) is 2. The Morgan fingerprint density at radius 1 is 1.50 bits per heavy atom. The van der Waals surface area contributed by atoms with Crippen LogP contribution in [-0.2, 0) is 16.3 Å². The number of H-pyrrole nitrogens is 1. The van der Waals surface area contributed by atoms with Crippen LogP contribution in [0.2, 0.25) is 0 Å². The second-order valence-electron chi connectivity index (χ2n) is 5.88. The summed E-state index contributed by atoms with van der Waals surface area (Å²) in [7, 11) is -2.95. The molecule has 1 aliphatic heterocycles. The van der Waals surface area contributed by atoms with Gasteiger partial charge in [-0.25, -0.2) is 13.1 Å². The van der Waals surface area contributed by atoms with Crippen molar-refractivity contribution in [3.63, 3.8) is 0 Å². The summed E-state index contributed by atoms with van der Waals surface area (Å²) in [6.07, 6.45) is 1.39. The van der Waals surface area contributed by atoms with E-state index in [4.69, 9.17) is 5.73 Å². The molecule has 3 N–H and O–H groups in total. The Morgan fingerprint density at radius 3 is 2.85 bits per heavy atom. The number of aromatic amines is 1. The number of nitrogens with two attached hydrogens (primary N) is 1. The number of nitrogens with zero attached hydrogens (tertiary/aromatic N) is 3. The maximum absolute atomic E-state index is 11.6. The molecule has 1 unspecified atom stereocenters. The molecular weight excluding hydrogens is 278 g/mol. The standard InChI is InChI=1S/C12H19N5O2S/c1-7(2)5-9-10-11(13)14-15-12(10)17(16-9)8-3-4-20(18,19)6-8/h7-8H,3-6H2,1-2H3,(H3,13,14,15). The fourth-order valence-corrected chi connectivity index (χ4v) is 4.47. The molecule has 0 aliphatic carbocycles. The van der Waals surface area contributed by atoms with Gasteiger partial charge in [0.05, 0.1) is 28.6 Å². The molecule has 110 valence electrons. The normalized spacial score (nSPS) is 22.1. The predicted molar refractivity (Wildman–Crippen MR) is 77.1 cm³/mol. The number of aromatic nitrogens is 4. The Balaban J connectivity index is 2.08. The van der Waals surface area contributed by atoms with Crippen LogP contribution in [0, 0.1) is 5.92 Å². The van der Waals surface area contributed by atoms with Crippen LogP contribution in [0.1, 0.15) is 32.0 Å². The highest BCUT2D eigenvalue weighted by atomic mass is 32.2. The molecule has 1 fully saturated rings. The molecule has 2 aromatic rings. The van der Waals surface area contributed by atoms with E-state index in [0.29, 0.717) is 23.8 Å². The Morgan fingerprint density at radius 2 is 2.25 bits per heavy atom. The number of rotatable bonds is 3. The van der Waals surface area contributed by atoms with E-state index < -0.39 is 9.84 Å². The van der Waals surface area contributed by atoms with Crippen molar-refractivity contribution >= 4 is 26.7 Å². The highest BCUT2D eigenvalue weighted by Gasteiger charge is 2.32. The maximum atomic E-state index is 11.6. The van der Waals surface area contributed by atoms with Gasteiger partial charge >= 0.3 is 0 Å². The molecule has 20 heavy (non-hydrogen) atoms. The molecule has 8 heteroatoms. The quantitative estimate of drug-likeness (QED) is 0.875. The summed E-state index contributed by atoms with van der Waals surface area (Å²) >= 11 is 0. The average molecular weight is 297 g/mol. The van der Waals surface area contributed by atoms with Gasteiger partial charge in [0.15, 0.2) is 15.5 Å². The molecule has 0 aromatic carbocycles. The van der Waals surface area contributed by atoms with E-state index in [1.807, 2.05) is 0 Å². The summed E-state index contributed by atoms with van der Waals surface area (Å²) < 4.78 is 25.0. The van der Waals surface area contributed by atoms with Crippen LogP contribution >= 0.6 is 0 Å². The van der Waals surface area contributed by atoms with E-state index in [9.17, 15) is 8.42 Å². The smallest absolute Gasteiger partial charge is 0.182 e. The van der Waals surface area contributed by atoms with Crippen molar-refractivity contribution < 1.29 is 8.42 Å². The molecule has 1 saturated heterocycles. The molecule has 0 amide bonds. The fourth-order valence-electron chi connectivity index (χ4n) is 2.78. The Kier molecular flexibility index (Phi) is 3.00. The SMILES string of the molecule is CC(C)Cc1nn(C2CCS(=O)(=O)C2)c2n[nH]c(N)c12. The lowest BCUT2D eigenvalue weighted by Gasteiger charge is -2.08. The van der Waals surface area contributed by atoms with Crippen LogP contribution < -0.4 is 5.73 Å². The second-order valence-corrected chi connectivity index (χ2v) is 8.11. The molecule has 3 rings (SSSR count). The van der Waals surface area contributed by atoms with Crippen LogP contribution in [0.4, 0.5) is 5.82 Å². The van der Waals surface area contributed by atoms with Gasteiger partial charge in [-0.2, -0.15) is 10.2 Å².